The number of aromatic carboxylic acids is 1. The molecule has 0 bridgehead atoms. The van der Waals surface area contributed by atoms with Crippen molar-refractivity contribution in [1.29, 1.82) is 0 Å². The number of hydrogen-bond donors (Lipinski definition) is 4. The van der Waals surface area contributed by atoms with E-state index < -0.39 is 26.6 Å². The van der Waals surface area contributed by atoms with Crippen LogP contribution in [0.3, 0.4) is 0 Å². The lowest BCUT2D eigenvalue weighted by Gasteiger charge is -2.12. The molecule has 0 atom stereocenters. The lowest BCUT2D eigenvalue weighted by molar-refractivity contribution is 0.0696. The highest BCUT2D eigenvalue weighted by atomic mass is 32.2. The van der Waals surface area contributed by atoms with E-state index in [9.17, 15) is 18.3 Å². The van der Waals surface area contributed by atoms with Gasteiger partial charge < -0.3 is 15.5 Å². The minimum absolute atomic E-state index is 0.0392. The molecule has 1 aromatic rings. The maximum Gasteiger partial charge on any atom is 0.335 e. The molecule has 0 aliphatic heterocycles. The number of carboxylic acids is 1. The number of benzene rings is 1. The molecule has 7 nitrogen and oxygen atoms in total. The third kappa shape index (κ3) is 3.83. The lowest BCUT2D eigenvalue weighted by Crippen LogP contribution is -2.15. The predicted octanol–water partition coefficient (Wildman–Crippen LogP) is 0.950. The van der Waals surface area contributed by atoms with Crippen molar-refractivity contribution in [3.8, 4) is 5.75 Å². The van der Waals surface area contributed by atoms with Crippen molar-refractivity contribution in [2.45, 2.75) is 24.7 Å². The fourth-order valence-corrected chi connectivity index (χ4v) is 2.15. The molecular weight excluding hydrogens is 272 g/mol. The van der Waals surface area contributed by atoms with Gasteiger partial charge in [0.05, 0.1) is 11.3 Å². The summed E-state index contributed by atoms with van der Waals surface area (Å²) in [6.45, 7) is 2.45. The number of hydrogen-bond acceptors (Lipinski definition) is 5. The van der Waals surface area contributed by atoms with Gasteiger partial charge in [-0.15, -0.1) is 0 Å². The van der Waals surface area contributed by atoms with E-state index in [1.54, 1.807) is 0 Å². The van der Waals surface area contributed by atoms with Crippen molar-refractivity contribution < 1.29 is 23.4 Å². The number of carbonyl (C=O) groups is 1. The average molecular weight is 288 g/mol. The van der Waals surface area contributed by atoms with E-state index in [1.165, 1.54) is 6.07 Å². The van der Waals surface area contributed by atoms with Crippen LogP contribution in [0.15, 0.2) is 17.0 Å². The first-order valence-corrected chi connectivity index (χ1v) is 7.19. The number of sulfonamides is 1. The Hall–Kier alpha value is -1.80. The van der Waals surface area contributed by atoms with Crippen LogP contribution in [0.2, 0.25) is 0 Å². The molecule has 106 valence electrons. The maximum absolute atomic E-state index is 11.3. The first-order valence-electron chi connectivity index (χ1n) is 5.64. The summed E-state index contributed by atoms with van der Waals surface area (Å²) in [6, 6.07) is 2.00. The number of carboxylic acid groups (broad SMARTS) is 1. The summed E-state index contributed by atoms with van der Waals surface area (Å²) in [7, 11) is -4.20. The molecule has 1 rings (SSSR count). The van der Waals surface area contributed by atoms with Gasteiger partial charge in [-0.1, -0.05) is 13.3 Å². The molecule has 1 aromatic carbocycles. The fraction of sp³-hybridized carbons (Fsp3) is 0.364. The van der Waals surface area contributed by atoms with Crippen molar-refractivity contribution >= 4 is 21.7 Å². The van der Waals surface area contributed by atoms with Crippen molar-refractivity contribution in [1.82, 2.24) is 0 Å². The smallest absolute Gasteiger partial charge is 0.335 e. The van der Waals surface area contributed by atoms with Crippen molar-refractivity contribution in [2.24, 2.45) is 5.14 Å². The normalized spacial score (nSPS) is 11.3. The van der Waals surface area contributed by atoms with Gasteiger partial charge in [0.2, 0.25) is 10.0 Å². The number of phenols is 1. The highest BCUT2D eigenvalue weighted by molar-refractivity contribution is 7.89. The van der Waals surface area contributed by atoms with Gasteiger partial charge in [-0.25, -0.2) is 18.4 Å². The second-order valence-electron chi connectivity index (χ2n) is 4.00. The third-order valence-electron chi connectivity index (χ3n) is 2.47. The molecule has 8 heteroatoms. The van der Waals surface area contributed by atoms with Crippen LogP contribution in [-0.4, -0.2) is 31.1 Å². The molecule has 0 aliphatic rings. The monoisotopic (exact) mass is 288 g/mol. The zero-order chi connectivity index (χ0) is 14.6. The first kappa shape index (κ1) is 15.3. The number of phenolic OH excluding ortho intramolecular Hbond substituents is 1. The molecule has 0 spiro atoms. The van der Waals surface area contributed by atoms with Gasteiger partial charge in [0.25, 0.3) is 0 Å². The Balaban J connectivity index is 3.29. The Morgan fingerprint density at radius 2 is 2.05 bits per heavy atom. The number of unbranched alkanes of at least 4 members (excludes halogenated alkanes) is 1. The van der Waals surface area contributed by atoms with Crippen LogP contribution in [0, 0.1) is 0 Å². The first-order chi connectivity index (χ1) is 8.77. The second-order valence-corrected chi connectivity index (χ2v) is 5.53. The van der Waals surface area contributed by atoms with E-state index in [0.717, 1.165) is 18.9 Å². The van der Waals surface area contributed by atoms with E-state index >= 15 is 0 Å². The molecule has 0 radical (unpaired) electrons. The Labute approximate surface area is 111 Å². The van der Waals surface area contributed by atoms with Gasteiger partial charge in [0.15, 0.2) is 5.75 Å². The van der Waals surface area contributed by atoms with Crippen molar-refractivity contribution in [2.75, 3.05) is 11.9 Å². The number of nitrogens with two attached hydrogens (primary N) is 1. The van der Waals surface area contributed by atoms with Crippen LogP contribution in [0.25, 0.3) is 0 Å². The number of anilines is 1. The Morgan fingerprint density at radius 3 is 2.53 bits per heavy atom. The molecule has 19 heavy (non-hydrogen) atoms. The fourth-order valence-electron chi connectivity index (χ4n) is 1.48. The molecular formula is C11H16N2O5S. The summed E-state index contributed by atoms with van der Waals surface area (Å²) in [4.78, 5) is 10.3. The quantitative estimate of drug-likeness (QED) is 0.455. The summed E-state index contributed by atoms with van der Waals surface area (Å²) in [6.07, 6.45) is 1.69. The molecule has 0 unspecified atom stereocenters. The summed E-state index contributed by atoms with van der Waals surface area (Å²) >= 11 is 0. The van der Waals surface area contributed by atoms with Crippen LogP contribution >= 0.6 is 0 Å². The molecule has 0 saturated carbocycles. The molecule has 0 saturated heterocycles. The van der Waals surface area contributed by atoms with Crippen LogP contribution in [0.4, 0.5) is 5.69 Å². The van der Waals surface area contributed by atoms with E-state index in [2.05, 4.69) is 5.32 Å². The third-order valence-corrected chi connectivity index (χ3v) is 3.40. The Bertz CT molecular complexity index is 583. The summed E-state index contributed by atoms with van der Waals surface area (Å²) in [5, 5.41) is 26.5. The van der Waals surface area contributed by atoms with Crippen molar-refractivity contribution in [3.05, 3.63) is 17.7 Å². The standard InChI is InChI=1S/C11H16N2O5S/c1-2-3-4-13-8-5-7(11(15)16)6-9(10(8)14)19(12,17)18/h5-6,13-14H,2-4H2,1H3,(H,15,16)(H2,12,17,18). The molecule has 0 aromatic heterocycles. The van der Waals surface area contributed by atoms with Crippen LogP contribution in [0.1, 0.15) is 30.1 Å². The molecule has 0 amide bonds. The number of rotatable bonds is 6. The number of nitrogens with one attached hydrogen (secondary N) is 1. The molecule has 0 heterocycles. The second kappa shape index (κ2) is 5.89. The highest BCUT2D eigenvalue weighted by Crippen LogP contribution is 2.32. The van der Waals surface area contributed by atoms with Gasteiger partial charge in [0.1, 0.15) is 4.90 Å². The largest absolute Gasteiger partial charge is 0.504 e. The molecule has 5 N–H and O–H groups in total. The minimum atomic E-state index is -4.20. The molecule has 0 aliphatic carbocycles. The Kier molecular flexibility index (Phi) is 4.73. The van der Waals surface area contributed by atoms with Gasteiger partial charge in [0, 0.05) is 6.54 Å². The lowest BCUT2D eigenvalue weighted by atomic mass is 10.2. The van der Waals surface area contributed by atoms with Gasteiger partial charge in [-0.05, 0) is 18.6 Å². The minimum Gasteiger partial charge on any atom is -0.504 e. The van der Waals surface area contributed by atoms with E-state index in [-0.39, 0.29) is 11.3 Å². The molecule has 0 fully saturated rings. The van der Waals surface area contributed by atoms with Crippen LogP contribution in [0.5, 0.6) is 5.75 Å². The van der Waals surface area contributed by atoms with E-state index in [4.69, 9.17) is 10.2 Å². The maximum atomic E-state index is 11.3. The predicted molar refractivity (Wildman–Crippen MR) is 69.8 cm³/mol. The van der Waals surface area contributed by atoms with Crippen LogP contribution in [-0.2, 0) is 10.0 Å². The summed E-state index contributed by atoms with van der Waals surface area (Å²) < 4.78 is 22.6. The number of aromatic hydroxyl groups is 1. The zero-order valence-corrected chi connectivity index (χ0v) is 11.2. The average Bonchev–Trinajstić information content (AvgIpc) is 2.29. The number of primary sulfonamides is 1. The van der Waals surface area contributed by atoms with Crippen LogP contribution < -0.4 is 10.5 Å². The van der Waals surface area contributed by atoms with Gasteiger partial charge >= 0.3 is 5.97 Å². The topological polar surface area (TPSA) is 130 Å². The van der Waals surface area contributed by atoms with Gasteiger partial charge in [-0.3, -0.25) is 0 Å². The highest BCUT2D eigenvalue weighted by Gasteiger charge is 2.20. The van der Waals surface area contributed by atoms with Gasteiger partial charge in [-0.2, -0.15) is 0 Å². The van der Waals surface area contributed by atoms with Crippen molar-refractivity contribution in [3.63, 3.8) is 0 Å². The van der Waals surface area contributed by atoms with E-state index in [1.807, 2.05) is 6.92 Å². The zero-order valence-electron chi connectivity index (χ0n) is 10.4. The summed E-state index contributed by atoms with van der Waals surface area (Å²) in [5.41, 5.74) is -0.224. The van der Waals surface area contributed by atoms with E-state index in [0.29, 0.717) is 6.54 Å². The summed E-state index contributed by atoms with van der Waals surface area (Å²) in [5.74, 6) is -1.87. The SMILES string of the molecule is CCCCNc1cc(C(=O)O)cc(S(N)(=O)=O)c1O. The Morgan fingerprint density at radius 1 is 1.42 bits per heavy atom.